The molecule has 0 unspecified atom stereocenters. The summed E-state index contributed by atoms with van der Waals surface area (Å²) >= 11 is 2.29. The molecule has 19 heteroatoms. The topological polar surface area (TPSA) is 257 Å². The maximum atomic E-state index is 15.2. The van der Waals surface area contributed by atoms with Crippen LogP contribution in [0.25, 0.3) is 53.0 Å². The predicted molar refractivity (Wildman–Crippen MR) is 287 cm³/mol. The molecule has 0 amide bonds. The molecule has 79 heavy (non-hydrogen) atoms. The standard InChI is InChI=1S/C60H29N7O10S2/c61-24-34-16-40-41(17-35(34)25-62)53(69)44(52(40)68)20-38-22-46-48(65(38)58(72)75-28-31-10-4-1-5-11-31)50-56(78-46)57-51(67(50)60(74)77-30-33-14-8-3-9-15-33)49-47(79-57)23-39(66(49)59(73)76-29-32-12-6-2-7-13-32)21-45-54(70)42-18-36(26-63)37(27-64)19-43(42)55(45)71/h1-23H,28-30H2. The molecule has 0 aliphatic heterocycles. The Morgan fingerprint density at radius 1 is 0.418 bits per heavy atom. The van der Waals surface area contributed by atoms with E-state index in [-0.39, 0.29) is 109 Å². The third-order valence-electron chi connectivity index (χ3n) is 13.4. The van der Waals surface area contributed by atoms with E-state index in [4.69, 9.17) is 14.2 Å². The second kappa shape index (κ2) is 19.2. The van der Waals surface area contributed by atoms with Crippen LogP contribution in [0.1, 0.15) is 91.8 Å². The number of thiophene rings is 2. The lowest BCUT2D eigenvalue weighted by Crippen LogP contribution is -2.18. The van der Waals surface area contributed by atoms with Gasteiger partial charge in [-0.1, -0.05) is 91.0 Å². The number of ether oxygens (including phenoxy) is 3. The summed E-state index contributed by atoms with van der Waals surface area (Å²) in [6.45, 7) is -0.669. The van der Waals surface area contributed by atoms with Crippen LogP contribution in [0.3, 0.4) is 0 Å². The van der Waals surface area contributed by atoms with Gasteiger partial charge in [-0.15, -0.1) is 22.7 Å². The van der Waals surface area contributed by atoms with Gasteiger partial charge in [0.1, 0.15) is 44.1 Å². The van der Waals surface area contributed by atoms with E-state index in [0.717, 1.165) is 31.8 Å². The third-order valence-corrected chi connectivity index (χ3v) is 15.8. The fourth-order valence-electron chi connectivity index (χ4n) is 9.79. The Kier molecular flexibility index (Phi) is 11.9. The molecule has 12 rings (SSSR count). The van der Waals surface area contributed by atoms with Crippen LogP contribution < -0.4 is 0 Å². The van der Waals surface area contributed by atoms with Crippen molar-refractivity contribution >= 4 is 117 Å². The number of nitriles is 4. The lowest BCUT2D eigenvalue weighted by molar-refractivity contribution is 0.0975. The predicted octanol–water partition coefficient (Wildman–Crippen LogP) is 11.8. The van der Waals surface area contributed by atoms with Gasteiger partial charge < -0.3 is 14.2 Å². The van der Waals surface area contributed by atoms with E-state index in [1.54, 1.807) is 103 Å². The fourth-order valence-corrected chi connectivity index (χ4v) is 12.4. The maximum Gasteiger partial charge on any atom is 0.419 e. The van der Waals surface area contributed by atoms with Crippen LogP contribution in [0.5, 0.6) is 0 Å². The number of hydrogen-bond donors (Lipinski definition) is 0. The number of carbonyl (C=O) groups is 7. The Labute approximate surface area is 452 Å². The first kappa shape index (κ1) is 48.8. The fraction of sp³-hybridized carbons (Fsp3) is 0.0500. The molecule has 0 N–H and O–H groups in total. The van der Waals surface area contributed by atoms with Gasteiger partial charge in [-0.25, -0.2) is 28.1 Å². The average molecular weight is 1070 g/mol. The van der Waals surface area contributed by atoms with Crippen molar-refractivity contribution < 1.29 is 47.8 Å². The van der Waals surface area contributed by atoms with Gasteiger partial charge in [-0.2, -0.15) is 21.0 Å². The van der Waals surface area contributed by atoms with E-state index in [0.29, 0.717) is 35.5 Å². The minimum Gasteiger partial charge on any atom is -0.444 e. The van der Waals surface area contributed by atoms with Crippen molar-refractivity contribution in [1.29, 1.82) is 21.0 Å². The lowest BCUT2D eigenvalue weighted by atomic mass is 10.0. The molecule has 17 nitrogen and oxygen atoms in total. The van der Waals surface area contributed by atoms with Gasteiger partial charge in [0.15, 0.2) is 23.1 Å². The molecular formula is C60H29N7O10S2. The maximum absolute atomic E-state index is 15.2. The third kappa shape index (κ3) is 7.98. The molecule has 0 bridgehead atoms. The second-order valence-corrected chi connectivity index (χ2v) is 20.1. The van der Waals surface area contributed by atoms with Crippen molar-refractivity contribution in [3.8, 4) is 24.3 Å². The van der Waals surface area contributed by atoms with Gasteiger partial charge >= 0.3 is 18.3 Å². The van der Waals surface area contributed by atoms with Gasteiger partial charge in [-0.05, 0) is 65.2 Å². The first-order valence-electron chi connectivity index (χ1n) is 23.8. The summed E-state index contributed by atoms with van der Waals surface area (Å²) < 4.78 is 23.1. The van der Waals surface area contributed by atoms with Gasteiger partial charge in [0.2, 0.25) is 0 Å². The molecule has 2 aliphatic rings. The van der Waals surface area contributed by atoms with Crippen molar-refractivity contribution in [2.24, 2.45) is 0 Å². The van der Waals surface area contributed by atoms with Crippen LogP contribution >= 0.6 is 22.7 Å². The van der Waals surface area contributed by atoms with E-state index >= 15 is 4.79 Å². The van der Waals surface area contributed by atoms with Crippen molar-refractivity contribution in [2.45, 2.75) is 19.8 Å². The molecule has 376 valence electrons. The molecule has 0 saturated carbocycles. The molecule has 0 atom stereocenters. The summed E-state index contributed by atoms with van der Waals surface area (Å²) in [5.41, 5.74) is 0.645. The van der Waals surface area contributed by atoms with Gasteiger partial charge in [0.05, 0.1) is 85.7 Å². The highest BCUT2D eigenvalue weighted by Crippen LogP contribution is 2.49. The summed E-state index contributed by atoms with van der Waals surface area (Å²) in [5, 5.41) is 38.9. The molecule has 0 radical (unpaired) electrons. The monoisotopic (exact) mass is 1070 g/mol. The summed E-state index contributed by atoms with van der Waals surface area (Å²) in [6.07, 6.45) is -0.486. The molecule has 10 aromatic rings. The van der Waals surface area contributed by atoms with Crippen LogP contribution in [0, 0.1) is 45.3 Å². The van der Waals surface area contributed by atoms with Crippen LogP contribution in [0.4, 0.5) is 14.4 Å². The molecule has 0 saturated heterocycles. The number of hydrogen-bond acceptors (Lipinski definition) is 16. The van der Waals surface area contributed by atoms with Gasteiger partial charge in [0.25, 0.3) is 0 Å². The van der Waals surface area contributed by atoms with Crippen LogP contribution in [0.2, 0.25) is 0 Å². The number of nitrogens with zero attached hydrogens (tertiary/aromatic N) is 7. The minimum absolute atomic E-state index is 0.0110. The number of ketones is 4. The smallest absolute Gasteiger partial charge is 0.419 e. The Hall–Kier alpha value is -11.1. The number of allylic oxidation sites excluding steroid dienone is 2. The quantitative estimate of drug-likeness (QED) is 0.0779. The van der Waals surface area contributed by atoms with Gasteiger partial charge in [0, 0.05) is 22.3 Å². The normalized spacial score (nSPS) is 12.6. The highest BCUT2D eigenvalue weighted by atomic mass is 32.1. The molecule has 5 aromatic carbocycles. The van der Waals surface area contributed by atoms with Crippen LogP contribution in [-0.2, 0) is 34.0 Å². The Bertz CT molecular complexity index is 4300. The van der Waals surface area contributed by atoms with Crippen molar-refractivity contribution in [3.63, 3.8) is 0 Å². The van der Waals surface area contributed by atoms with Gasteiger partial charge in [-0.3, -0.25) is 19.2 Å². The molecule has 0 spiro atoms. The lowest BCUT2D eigenvalue weighted by Gasteiger charge is -2.12. The number of benzene rings is 5. The molecular weight excluding hydrogens is 1040 g/mol. The van der Waals surface area contributed by atoms with Crippen LogP contribution in [-0.4, -0.2) is 55.1 Å². The molecule has 5 aromatic heterocycles. The van der Waals surface area contributed by atoms with E-state index in [2.05, 4.69) is 0 Å². The molecule has 0 fully saturated rings. The van der Waals surface area contributed by atoms with Crippen molar-refractivity contribution in [3.05, 3.63) is 211 Å². The number of aromatic nitrogens is 3. The second-order valence-electron chi connectivity index (χ2n) is 18.0. The highest BCUT2D eigenvalue weighted by Gasteiger charge is 2.38. The van der Waals surface area contributed by atoms with E-state index in [1.165, 1.54) is 41.0 Å². The number of fused-ring (bicyclic) bond motifs is 9. The zero-order valence-corrected chi connectivity index (χ0v) is 42.1. The largest absolute Gasteiger partial charge is 0.444 e. The van der Waals surface area contributed by atoms with E-state index in [9.17, 15) is 49.8 Å². The Morgan fingerprint density at radius 2 is 0.709 bits per heavy atom. The zero-order valence-electron chi connectivity index (χ0n) is 40.4. The summed E-state index contributed by atoms with van der Waals surface area (Å²) in [6, 6.07) is 41.8. The number of Topliss-reactive ketones (excluding diaryl/α,β-unsaturated/α-hetero) is 4. The van der Waals surface area contributed by atoms with E-state index < -0.39 is 41.4 Å². The Balaban J connectivity index is 1.10. The number of carbonyl (C=O) groups excluding carboxylic acids is 7. The SMILES string of the molecule is N#Cc1cc2c(cc1C#N)C(=O)C(=Cc1cc3sc4c5sc6cc(C=C7C(=O)c8cc(C#N)c(C#N)cc8C7=O)n(C(=O)OCc7ccccc7)c6c5n(C(=O)OCc5ccccc5)c4c3n1C(=O)OCc1ccccc1)C2=O. The Morgan fingerprint density at radius 3 is 1.00 bits per heavy atom. The van der Waals surface area contributed by atoms with E-state index in [1.807, 2.05) is 24.3 Å². The summed E-state index contributed by atoms with van der Waals surface area (Å²) in [7, 11) is 0. The van der Waals surface area contributed by atoms with Crippen LogP contribution in [0.15, 0.2) is 139 Å². The zero-order chi connectivity index (χ0) is 54.8. The van der Waals surface area contributed by atoms with Crippen molar-refractivity contribution in [2.75, 3.05) is 0 Å². The summed E-state index contributed by atoms with van der Waals surface area (Å²) in [4.78, 5) is 101. The van der Waals surface area contributed by atoms with Crippen molar-refractivity contribution in [1.82, 2.24) is 13.7 Å². The molecule has 2 aliphatic carbocycles. The first-order chi connectivity index (χ1) is 38.4. The molecule has 5 heterocycles. The number of rotatable bonds is 8. The minimum atomic E-state index is -0.976. The highest BCUT2D eigenvalue weighted by molar-refractivity contribution is 7.33. The first-order valence-corrected chi connectivity index (χ1v) is 25.4. The average Bonchev–Trinajstić information content (AvgIpc) is 3.84. The summed E-state index contributed by atoms with van der Waals surface area (Å²) in [5.74, 6) is -3.04.